The van der Waals surface area contributed by atoms with Gasteiger partial charge in [-0.25, -0.2) is 9.69 Å². The summed E-state index contributed by atoms with van der Waals surface area (Å²) in [5.41, 5.74) is 1.27. The van der Waals surface area contributed by atoms with Crippen LogP contribution in [0.15, 0.2) is 48.5 Å². The van der Waals surface area contributed by atoms with E-state index >= 15 is 0 Å². The van der Waals surface area contributed by atoms with Crippen LogP contribution in [0.1, 0.15) is 18.9 Å². The van der Waals surface area contributed by atoms with Gasteiger partial charge in [-0.05, 0) is 36.8 Å². The standard InChI is InChI=1S/C21H21N3O5/c1-2-22-19(25)11-16-20(26)24(15-6-4-3-5-7-15)21(27)23(16)12-14-8-9-17-18(10-14)29-13-28-17/h3-10,16H,2,11-13H2,1H3,(H,22,25). The van der Waals surface area contributed by atoms with E-state index in [0.717, 1.165) is 10.5 Å². The van der Waals surface area contributed by atoms with Crippen molar-refractivity contribution in [3.05, 3.63) is 54.1 Å². The molecule has 2 aliphatic heterocycles. The van der Waals surface area contributed by atoms with Crippen molar-refractivity contribution in [3.8, 4) is 11.5 Å². The zero-order valence-electron chi connectivity index (χ0n) is 16.0. The van der Waals surface area contributed by atoms with Crippen LogP contribution in [0.25, 0.3) is 0 Å². The molecule has 0 aromatic heterocycles. The van der Waals surface area contributed by atoms with Gasteiger partial charge in [-0.1, -0.05) is 24.3 Å². The van der Waals surface area contributed by atoms with Crippen LogP contribution >= 0.6 is 0 Å². The molecule has 0 radical (unpaired) electrons. The van der Waals surface area contributed by atoms with Crippen LogP contribution in [0.5, 0.6) is 11.5 Å². The maximum Gasteiger partial charge on any atom is 0.332 e. The highest BCUT2D eigenvalue weighted by molar-refractivity contribution is 6.22. The molecule has 1 saturated heterocycles. The number of carbonyl (C=O) groups is 3. The Labute approximate surface area is 168 Å². The average Bonchev–Trinajstić information content (AvgIpc) is 3.27. The molecule has 1 fully saturated rings. The average molecular weight is 395 g/mol. The van der Waals surface area contributed by atoms with Crippen molar-refractivity contribution < 1.29 is 23.9 Å². The molecule has 0 bridgehead atoms. The summed E-state index contributed by atoms with van der Waals surface area (Å²) in [6.07, 6.45) is -0.0910. The first kappa shape index (κ1) is 18.8. The number of benzene rings is 2. The van der Waals surface area contributed by atoms with E-state index in [1.54, 1.807) is 43.3 Å². The minimum atomic E-state index is -0.875. The number of para-hydroxylation sites is 1. The molecule has 0 spiro atoms. The Kier molecular flexibility index (Phi) is 5.07. The molecule has 2 aromatic carbocycles. The number of amides is 4. The second-order valence-corrected chi connectivity index (χ2v) is 6.78. The van der Waals surface area contributed by atoms with Gasteiger partial charge < -0.3 is 19.7 Å². The number of urea groups is 1. The van der Waals surface area contributed by atoms with Gasteiger partial charge in [0.15, 0.2) is 11.5 Å². The topological polar surface area (TPSA) is 88.2 Å². The van der Waals surface area contributed by atoms with Crippen molar-refractivity contribution in [3.63, 3.8) is 0 Å². The second kappa shape index (κ2) is 7.83. The monoisotopic (exact) mass is 395 g/mol. The van der Waals surface area contributed by atoms with E-state index in [2.05, 4.69) is 5.32 Å². The van der Waals surface area contributed by atoms with E-state index in [1.165, 1.54) is 4.90 Å². The quantitative estimate of drug-likeness (QED) is 0.758. The summed E-state index contributed by atoms with van der Waals surface area (Å²) >= 11 is 0. The maximum atomic E-state index is 13.1. The predicted octanol–water partition coefficient (Wildman–Crippen LogP) is 2.28. The van der Waals surface area contributed by atoms with Crippen LogP contribution in [0.3, 0.4) is 0 Å². The van der Waals surface area contributed by atoms with Crippen LogP contribution in [-0.2, 0) is 16.1 Å². The van der Waals surface area contributed by atoms with E-state index in [0.29, 0.717) is 23.7 Å². The van der Waals surface area contributed by atoms with Gasteiger partial charge in [-0.15, -0.1) is 0 Å². The summed E-state index contributed by atoms with van der Waals surface area (Å²) in [5.74, 6) is 0.556. The van der Waals surface area contributed by atoms with Crippen LogP contribution in [0, 0.1) is 0 Å². The molecule has 2 heterocycles. The molecule has 1 N–H and O–H groups in total. The Balaban J connectivity index is 1.63. The lowest BCUT2D eigenvalue weighted by molar-refractivity contribution is -0.127. The SMILES string of the molecule is CCNC(=O)CC1C(=O)N(c2ccccc2)C(=O)N1Cc1ccc2c(c1)OCO2. The molecule has 2 aliphatic rings. The molecule has 1 unspecified atom stereocenters. The lowest BCUT2D eigenvalue weighted by Crippen LogP contribution is -2.39. The molecule has 4 rings (SSSR count). The molecule has 0 aliphatic carbocycles. The van der Waals surface area contributed by atoms with Crippen molar-refractivity contribution in [2.75, 3.05) is 18.2 Å². The number of hydrogen-bond donors (Lipinski definition) is 1. The predicted molar refractivity (Wildman–Crippen MR) is 105 cm³/mol. The summed E-state index contributed by atoms with van der Waals surface area (Å²) in [5, 5.41) is 2.70. The fourth-order valence-corrected chi connectivity index (χ4v) is 3.51. The Morgan fingerprint density at radius 1 is 1.10 bits per heavy atom. The van der Waals surface area contributed by atoms with Crippen LogP contribution < -0.4 is 19.7 Å². The zero-order chi connectivity index (χ0) is 20.4. The number of nitrogens with one attached hydrogen (secondary N) is 1. The number of nitrogens with zero attached hydrogens (tertiary/aromatic N) is 2. The number of ether oxygens (including phenoxy) is 2. The molecule has 0 saturated carbocycles. The molecule has 150 valence electrons. The Hall–Kier alpha value is -3.55. The van der Waals surface area contributed by atoms with Gasteiger partial charge in [0.05, 0.1) is 12.1 Å². The van der Waals surface area contributed by atoms with Crippen LogP contribution in [0.4, 0.5) is 10.5 Å². The van der Waals surface area contributed by atoms with Crippen molar-refractivity contribution >= 4 is 23.5 Å². The first-order valence-electron chi connectivity index (χ1n) is 9.43. The van der Waals surface area contributed by atoms with Crippen molar-refractivity contribution in [1.29, 1.82) is 0 Å². The van der Waals surface area contributed by atoms with Gasteiger partial charge in [0.1, 0.15) is 6.04 Å². The zero-order valence-corrected chi connectivity index (χ0v) is 16.0. The van der Waals surface area contributed by atoms with Crippen molar-refractivity contribution in [2.24, 2.45) is 0 Å². The molecule has 8 heteroatoms. The van der Waals surface area contributed by atoms with Crippen LogP contribution in [0.2, 0.25) is 0 Å². The molecule has 2 aromatic rings. The molecular formula is C21H21N3O5. The largest absolute Gasteiger partial charge is 0.454 e. The third kappa shape index (κ3) is 3.61. The summed E-state index contributed by atoms with van der Waals surface area (Å²) < 4.78 is 10.7. The number of carbonyl (C=O) groups excluding carboxylic acids is 3. The molecular weight excluding hydrogens is 374 g/mol. The molecule has 4 amide bonds. The fraction of sp³-hybridized carbons (Fsp3) is 0.286. The highest BCUT2D eigenvalue weighted by Crippen LogP contribution is 2.34. The van der Waals surface area contributed by atoms with Crippen molar-refractivity contribution in [1.82, 2.24) is 10.2 Å². The van der Waals surface area contributed by atoms with Crippen molar-refractivity contribution in [2.45, 2.75) is 25.9 Å². The normalized spacial score (nSPS) is 17.8. The number of hydrogen-bond acceptors (Lipinski definition) is 5. The third-order valence-corrected chi connectivity index (χ3v) is 4.88. The summed E-state index contributed by atoms with van der Waals surface area (Å²) in [6, 6.07) is 12.8. The second-order valence-electron chi connectivity index (χ2n) is 6.78. The third-order valence-electron chi connectivity index (χ3n) is 4.88. The summed E-state index contributed by atoms with van der Waals surface area (Å²) in [6.45, 7) is 2.59. The van der Waals surface area contributed by atoms with Gasteiger partial charge >= 0.3 is 6.03 Å². The first-order chi connectivity index (χ1) is 14.1. The van der Waals surface area contributed by atoms with Gasteiger partial charge in [-0.3, -0.25) is 9.59 Å². The maximum absolute atomic E-state index is 13.1. The van der Waals surface area contributed by atoms with Gasteiger partial charge in [-0.2, -0.15) is 0 Å². The van der Waals surface area contributed by atoms with E-state index in [-0.39, 0.29) is 25.7 Å². The first-order valence-corrected chi connectivity index (χ1v) is 9.43. The van der Waals surface area contributed by atoms with Crippen LogP contribution in [-0.4, -0.2) is 42.1 Å². The Morgan fingerprint density at radius 2 is 1.86 bits per heavy atom. The Bertz CT molecular complexity index is 947. The Morgan fingerprint density at radius 3 is 2.62 bits per heavy atom. The number of imide groups is 1. The van der Waals surface area contributed by atoms with E-state index in [9.17, 15) is 14.4 Å². The lowest BCUT2D eigenvalue weighted by atomic mass is 10.1. The van der Waals surface area contributed by atoms with Gasteiger partial charge in [0, 0.05) is 13.1 Å². The minimum Gasteiger partial charge on any atom is -0.454 e. The van der Waals surface area contributed by atoms with Gasteiger partial charge in [0.2, 0.25) is 12.7 Å². The lowest BCUT2D eigenvalue weighted by Gasteiger charge is -2.21. The summed E-state index contributed by atoms with van der Waals surface area (Å²) in [7, 11) is 0. The highest BCUT2D eigenvalue weighted by Gasteiger charge is 2.46. The highest BCUT2D eigenvalue weighted by atomic mass is 16.7. The van der Waals surface area contributed by atoms with E-state index < -0.39 is 18.0 Å². The molecule has 8 nitrogen and oxygen atoms in total. The van der Waals surface area contributed by atoms with E-state index in [1.807, 2.05) is 12.1 Å². The van der Waals surface area contributed by atoms with Gasteiger partial charge in [0.25, 0.3) is 5.91 Å². The number of fused-ring (bicyclic) bond motifs is 1. The summed E-state index contributed by atoms with van der Waals surface area (Å²) in [4.78, 5) is 41.0. The molecule has 1 atom stereocenters. The van der Waals surface area contributed by atoms with E-state index in [4.69, 9.17) is 9.47 Å². The molecule has 29 heavy (non-hydrogen) atoms. The number of anilines is 1. The smallest absolute Gasteiger partial charge is 0.332 e. The number of rotatable bonds is 6. The fourth-order valence-electron chi connectivity index (χ4n) is 3.51. The minimum absolute atomic E-state index is 0.0910.